The number of halogens is 1. The summed E-state index contributed by atoms with van der Waals surface area (Å²) in [6.07, 6.45) is 2.07. The van der Waals surface area contributed by atoms with Crippen LogP contribution in [0, 0.1) is 5.82 Å². The van der Waals surface area contributed by atoms with Crippen LogP contribution in [0.4, 0.5) is 15.9 Å². The van der Waals surface area contributed by atoms with Gasteiger partial charge in [0, 0.05) is 18.7 Å². The van der Waals surface area contributed by atoms with Gasteiger partial charge < -0.3 is 9.64 Å². The van der Waals surface area contributed by atoms with Gasteiger partial charge in [0.15, 0.2) is 0 Å². The molecule has 1 saturated heterocycles. The number of methoxy groups -OCH3 is 1. The molecule has 9 heteroatoms. The van der Waals surface area contributed by atoms with Crippen molar-refractivity contribution in [3.63, 3.8) is 0 Å². The maximum absolute atomic E-state index is 12.9. The van der Waals surface area contributed by atoms with Crippen LogP contribution in [-0.4, -0.2) is 33.0 Å². The molecule has 0 saturated carbocycles. The fraction of sp³-hybridized carbons (Fsp3) is 0.250. The number of nitrogens with zero attached hydrogens (tertiary/aromatic N) is 2. The highest BCUT2D eigenvalue weighted by Crippen LogP contribution is 2.31. The zero-order chi connectivity index (χ0) is 18.0. The quantitative estimate of drug-likeness (QED) is 0.877. The number of rotatable bonds is 5. The van der Waals surface area contributed by atoms with Gasteiger partial charge >= 0.3 is 0 Å². The topological polar surface area (TPSA) is 88.6 Å². The Bertz CT molecular complexity index is 900. The normalized spacial score (nSPS) is 14.6. The molecule has 7 nitrogen and oxygen atoms in total. The zero-order valence-electron chi connectivity index (χ0n) is 13.4. The Balaban J connectivity index is 1.98. The van der Waals surface area contributed by atoms with Crippen LogP contribution in [-0.2, 0) is 14.8 Å². The molecule has 1 aromatic carbocycles. The highest BCUT2D eigenvalue weighted by atomic mass is 32.2. The van der Waals surface area contributed by atoms with Crippen molar-refractivity contribution in [2.45, 2.75) is 17.7 Å². The lowest BCUT2D eigenvalue weighted by atomic mass is 10.3. The Morgan fingerprint density at radius 2 is 2.08 bits per heavy atom. The van der Waals surface area contributed by atoms with Crippen LogP contribution in [0.1, 0.15) is 12.8 Å². The highest BCUT2D eigenvalue weighted by Gasteiger charge is 2.26. The molecule has 132 valence electrons. The first-order chi connectivity index (χ1) is 11.9. The predicted molar refractivity (Wildman–Crippen MR) is 89.6 cm³/mol. The minimum Gasteiger partial charge on any atom is -0.495 e. The number of benzene rings is 1. The van der Waals surface area contributed by atoms with Gasteiger partial charge in [0.2, 0.25) is 5.91 Å². The molecule has 0 radical (unpaired) electrons. The number of hydrogen-bond acceptors (Lipinski definition) is 5. The van der Waals surface area contributed by atoms with E-state index in [0.717, 1.165) is 18.7 Å². The van der Waals surface area contributed by atoms with Crippen LogP contribution < -0.4 is 14.4 Å². The van der Waals surface area contributed by atoms with E-state index >= 15 is 0 Å². The lowest BCUT2D eigenvalue weighted by Gasteiger charge is -2.18. The molecule has 1 amide bonds. The van der Waals surface area contributed by atoms with E-state index in [4.69, 9.17) is 4.74 Å². The average Bonchev–Trinajstić information content (AvgIpc) is 3.02. The van der Waals surface area contributed by atoms with E-state index < -0.39 is 15.8 Å². The molecule has 1 aliphatic heterocycles. The molecule has 1 N–H and O–H groups in total. The van der Waals surface area contributed by atoms with E-state index in [-0.39, 0.29) is 22.4 Å². The number of carbonyl (C=O) groups is 1. The molecule has 0 aliphatic carbocycles. The van der Waals surface area contributed by atoms with Crippen LogP contribution in [0.2, 0.25) is 0 Å². The largest absolute Gasteiger partial charge is 0.495 e. The molecule has 3 rings (SSSR count). The average molecular weight is 365 g/mol. The van der Waals surface area contributed by atoms with Gasteiger partial charge in [0.1, 0.15) is 22.3 Å². The third-order valence-electron chi connectivity index (χ3n) is 3.79. The molecule has 25 heavy (non-hydrogen) atoms. The maximum Gasteiger partial charge on any atom is 0.266 e. The van der Waals surface area contributed by atoms with Gasteiger partial charge in [-0.05, 0) is 36.8 Å². The summed E-state index contributed by atoms with van der Waals surface area (Å²) in [6, 6.07) is 6.83. The summed E-state index contributed by atoms with van der Waals surface area (Å²) in [5.74, 6) is -0.521. The Morgan fingerprint density at radius 3 is 2.68 bits per heavy atom. The van der Waals surface area contributed by atoms with Gasteiger partial charge in [-0.3, -0.25) is 9.52 Å². The smallest absolute Gasteiger partial charge is 0.266 e. The number of pyridine rings is 1. The van der Waals surface area contributed by atoms with Crippen LogP contribution >= 0.6 is 0 Å². The summed E-state index contributed by atoms with van der Waals surface area (Å²) in [7, 11) is -2.68. The van der Waals surface area contributed by atoms with Gasteiger partial charge in [0.05, 0.1) is 13.3 Å². The zero-order valence-corrected chi connectivity index (χ0v) is 14.2. The number of nitrogens with one attached hydrogen (secondary N) is 1. The lowest BCUT2D eigenvalue weighted by Crippen LogP contribution is -2.24. The third kappa shape index (κ3) is 3.55. The van der Waals surface area contributed by atoms with Crippen molar-refractivity contribution in [1.82, 2.24) is 4.98 Å². The number of ether oxygens (including phenoxy) is 1. The molecule has 1 aromatic heterocycles. The third-order valence-corrected chi connectivity index (χ3v) is 5.16. The summed E-state index contributed by atoms with van der Waals surface area (Å²) < 4.78 is 45.7. The van der Waals surface area contributed by atoms with Crippen molar-refractivity contribution in [2.24, 2.45) is 0 Å². The van der Waals surface area contributed by atoms with E-state index in [1.807, 2.05) is 0 Å². The lowest BCUT2D eigenvalue weighted by molar-refractivity contribution is -0.117. The molecular formula is C16H16FN3O4S. The second-order valence-corrected chi connectivity index (χ2v) is 7.10. The number of amides is 1. The molecule has 0 unspecified atom stereocenters. The summed E-state index contributed by atoms with van der Waals surface area (Å²) in [6.45, 7) is 0.539. The molecular weight excluding hydrogens is 349 g/mol. The second-order valence-electron chi connectivity index (χ2n) is 5.45. The van der Waals surface area contributed by atoms with Crippen LogP contribution in [0.15, 0.2) is 41.4 Å². The SMILES string of the molecule is COc1ccc(N2CCCC2=O)cc1S(=O)(=O)Nc1ccc(F)cn1. The van der Waals surface area contributed by atoms with E-state index in [9.17, 15) is 17.6 Å². The van der Waals surface area contributed by atoms with E-state index in [0.29, 0.717) is 18.7 Å². The van der Waals surface area contributed by atoms with Crippen LogP contribution in [0.25, 0.3) is 0 Å². The highest BCUT2D eigenvalue weighted by molar-refractivity contribution is 7.92. The Morgan fingerprint density at radius 1 is 1.28 bits per heavy atom. The summed E-state index contributed by atoms with van der Waals surface area (Å²) >= 11 is 0. The molecule has 2 aromatic rings. The van der Waals surface area contributed by atoms with Crippen molar-refractivity contribution < 1.29 is 22.3 Å². The number of hydrogen-bond donors (Lipinski definition) is 1. The van der Waals surface area contributed by atoms with Crippen LogP contribution in [0.5, 0.6) is 5.75 Å². The summed E-state index contributed by atoms with van der Waals surface area (Å²) in [5, 5.41) is 0. The number of aromatic nitrogens is 1. The first-order valence-corrected chi connectivity index (χ1v) is 9.02. The monoisotopic (exact) mass is 365 g/mol. The predicted octanol–water partition coefficient (Wildman–Crippen LogP) is 2.16. The maximum atomic E-state index is 12.9. The summed E-state index contributed by atoms with van der Waals surface area (Å²) in [4.78, 5) is 17.0. The van der Waals surface area contributed by atoms with E-state index in [2.05, 4.69) is 9.71 Å². The second kappa shape index (κ2) is 6.67. The Hall–Kier alpha value is -2.68. The first-order valence-electron chi connectivity index (χ1n) is 7.53. The summed E-state index contributed by atoms with van der Waals surface area (Å²) in [5.41, 5.74) is 0.482. The Labute approximate surface area is 144 Å². The molecule has 0 spiro atoms. The van der Waals surface area contributed by atoms with Crippen LogP contribution in [0.3, 0.4) is 0 Å². The van der Waals surface area contributed by atoms with Gasteiger partial charge in [-0.1, -0.05) is 0 Å². The fourth-order valence-electron chi connectivity index (χ4n) is 2.59. The van der Waals surface area contributed by atoms with Crippen molar-refractivity contribution >= 4 is 27.4 Å². The number of sulfonamides is 1. The van der Waals surface area contributed by atoms with E-state index in [1.54, 1.807) is 6.07 Å². The van der Waals surface area contributed by atoms with Gasteiger partial charge in [0.25, 0.3) is 10.0 Å². The van der Waals surface area contributed by atoms with E-state index in [1.165, 1.54) is 30.2 Å². The van der Waals surface area contributed by atoms with Gasteiger partial charge in [-0.2, -0.15) is 0 Å². The van der Waals surface area contributed by atoms with Crippen molar-refractivity contribution in [3.8, 4) is 5.75 Å². The van der Waals surface area contributed by atoms with Crippen molar-refractivity contribution in [1.29, 1.82) is 0 Å². The standard InChI is InChI=1S/C16H16FN3O4S/c1-24-13-6-5-12(20-8-2-3-16(20)21)9-14(13)25(22,23)19-15-7-4-11(17)10-18-15/h4-7,9-10H,2-3,8H2,1H3,(H,18,19). The van der Waals surface area contributed by atoms with Crippen molar-refractivity contribution in [3.05, 3.63) is 42.3 Å². The molecule has 1 fully saturated rings. The number of anilines is 2. The number of carbonyl (C=O) groups excluding carboxylic acids is 1. The Kier molecular flexibility index (Phi) is 4.58. The molecule has 0 atom stereocenters. The fourth-order valence-corrected chi connectivity index (χ4v) is 3.79. The van der Waals surface area contributed by atoms with Crippen molar-refractivity contribution in [2.75, 3.05) is 23.3 Å². The molecule has 0 bridgehead atoms. The first kappa shape index (κ1) is 17.2. The minimum atomic E-state index is -4.04. The molecule has 2 heterocycles. The minimum absolute atomic E-state index is 0.0221. The molecule has 1 aliphatic rings. The van der Waals surface area contributed by atoms with Gasteiger partial charge in [-0.25, -0.2) is 17.8 Å². The van der Waals surface area contributed by atoms with Gasteiger partial charge in [-0.15, -0.1) is 0 Å².